The van der Waals surface area contributed by atoms with Crippen LogP contribution in [0.15, 0.2) is 66.9 Å². The van der Waals surface area contributed by atoms with Crippen LogP contribution in [-0.4, -0.2) is 22.2 Å². The van der Waals surface area contributed by atoms with Crippen LogP contribution in [-0.2, 0) is 6.42 Å². The molecule has 0 saturated heterocycles. The molecule has 3 aromatic rings. The highest BCUT2D eigenvalue weighted by molar-refractivity contribution is 6.02. The second kappa shape index (κ2) is 8.10. The van der Waals surface area contributed by atoms with E-state index in [1.807, 2.05) is 30.3 Å². The molecule has 1 unspecified atom stereocenters. The zero-order valence-corrected chi connectivity index (χ0v) is 17.3. The minimum absolute atomic E-state index is 0.00190. The summed E-state index contributed by atoms with van der Waals surface area (Å²) >= 11 is 0. The topological polar surface area (TPSA) is 101 Å². The number of rotatable bonds is 4. The van der Waals surface area contributed by atoms with E-state index < -0.39 is 6.16 Å². The van der Waals surface area contributed by atoms with Crippen LogP contribution in [0, 0.1) is 5.41 Å². The zero-order valence-electron chi connectivity index (χ0n) is 17.3. The zero-order chi connectivity index (χ0) is 22.0. The molecule has 7 nitrogen and oxygen atoms in total. The summed E-state index contributed by atoms with van der Waals surface area (Å²) in [5.74, 6) is 0.0476. The number of carboxylic acid groups (broad SMARTS) is 1. The summed E-state index contributed by atoms with van der Waals surface area (Å²) in [6.07, 6.45) is 0.997. The second-order valence-electron chi connectivity index (χ2n) is 8.22. The van der Waals surface area contributed by atoms with Gasteiger partial charge < -0.3 is 20.5 Å². The molecule has 3 N–H and O–H groups in total. The molecule has 1 aliphatic rings. The lowest BCUT2D eigenvalue weighted by Gasteiger charge is -2.41. The Bertz CT molecular complexity index is 1130. The smallest absolute Gasteiger partial charge is 0.449 e. The molecule has 1 amide bonds. The first-order valence-corrected chi connectivity index (χ1v) is 9.94. The number of pyridine rings is 1. The van der Waals surface area contributed by atoms with Crippen molar-refractivity contribution < 1.29 is 19.4 Å². The third-order valence-corrected chi connectivity index (χ3v) is 5.38. The lowest BCUT2D eigenvalue weighted by atomic mass is 9.73. The molecule has 31 heavy (non-hydrogen) atoms. The molecular formula is C24H23N3O4. The van der Waals surface area contributed by atoms with Crippen molar-refractivity contribution in [1.29, 1.82) is 0 Å². The number of benzene rings is 2. The van der Waals surface area contributed by atoms with Crippen molar-refractivity contribution in [3.05, 3.63) is 83.7 Å². The van der Waals surface area contributed by atoms with E-state index in [-0.39, 0.29) is 17.4 Å². The van der Waals surface area contributed by atoms with E-state index in [1.54, 1.807) is 36.5 Å². The Balaban J connectivity index is 1.57. The monoisotopic (exact) mass is 417 g/mol. The maximum atomic E-state index is 12.5. The van der Waals surface area contributed by atoms with E-state index in [9.17, 15) is 9.59 Å². The fourth-order valence-corrected chi connectivity index (χ4v) is 3.99. The quantitative estimate of drug-likeness (QED) is 0.402. The van der Waals surface area contributed by atoms with Crippen LogP contribution in [0.5, 0.6) is 5.75 Å². The maximum absolute atomic E-state index is 12.5. The van der Waals surface area contributed by atoms with E-state index in [2.05, 4.69) is 29.5 Å². The predicted octanol–water partition coefficient (Wildman–Crippen LogP) is 5.13. The summed E-state index contributed by atoms with van der Waals surface area (Å²) in [4.78, 5) is 27.4. The van der Waals surface area contributed by atoms with Gasteiger partial charge in [0.2, 0.25) is 0 Å². The summed E-state index contributed by atoms with van der Waals surface area (Å²) in [5.41, 5.74) is 3.86. The van der Waals surface area contributed by atoms with Crippen LogP contribution in [0.4, 0.5) is 16.2 Å². The fourth-order valence-electron chi connectivity index (χ4n) is 3.99. The minimum Gasteiger partial charge on any atom is -0.449 e. The Morgan fingerprint density at radius 2 is 1.97 bits per heavy atom. The van der Waals surface area contributed by atoms with E-state index in [0.29, 0.717) is 17.1 Å². The number of amides is 1. The highest BCUT2D eigenvalue weighted by Gasteiger charge is 2.36. The molecule has 4 rings (SSSR count). The van der Waals surface area contributed by atoms with Gasteiger partial charge in [-0.2, -0.15) is 0 Å². The van der Waals surface area contributed by atoms with Gasteiger partial charge in [-0.05, 0) is 65.4 Å². The Hall–Kier alpha value is -3.87. The number of nitrogens with zero attached hydrogens (tertiary/aromatic N) is 1. The average molecular weight is 417 g/mol. The third kappa shape index (κ3) is 4.50. The van der Waals surface area contributed by atoms with Crippen molar-refractivity contribution in [2.24, 2.45) is 5.41 Å². The number of hydrogen-bond donors (Lipinski definition) is 3. The number of aromatic nitrogens is 1. The molecule has 0 saturated carbocycles. The largest absolute Gasteiger partial charge is 0.511 e. The van der Waals surface area contributed by atoms with Crippen LogP contribution in [0.1, 0.15) is 41.5 Å². The number of fused-ring (bicyclic) bond motifs is 1. The van der Waals surface area contributed by atoms with Crippen molar-refractivity contribution in [2.75, 3.05) is 10.6 Å². The van der Waals surface area contributed by atoms with Gasteiger partial charge in [-0.15, -0.1) is 0 Å². The molecule has 0 fully saturated rings. The van der Waals surface area contributed by atoms with Crippen molar-refractivity contribution in [2.45, 2.75) is 26.3 Å². The average Bonchev–Trinajstić information content (AvgIpc) is 2.73. The van der Waals surface area contributed by atoms with E-state index in [1.165, 1.54) is 0 Å². The van der Waals surface area contributed by atoms with Crippen molar-refractivity contribution >= 4 is 23.4 Å². The first-order chi connectivity index (χ1) is 14.8. The molecule has 2 aromatic carbocycles. The normalized spacial score (nSPS) is 16.5. The number of hydrogen-bond acceptors (Lipinski definition) is 5. The molecule has 0 aliphatic carbocycles. The Labute approximate surface area is 180 Å². The molecule has 2 heterocycles. The van der Waals surface area contributed by atoms with Crippen molar-refractivity contribution in [3.8, 4) is 5.75 Å². The van der Waals surface area contributed by atoms with Gasteiger partial charge in [0.05, 0.1) is 6.04 Å². The van der Waals surface area contributed by atoms with Crippen LogP contribution in [0.25, 0.3) is 0 Å². The second-order valence-corrected chi connectivity index (χ2v) is 8.22. The summed E-state index contributed by atoms with van der Waals surface area (Å²) in [6.45, 7) is 4.30. The van der Waals surface area contributed by atoms with Gasteiger partial charge >= 0.3 is 6.16 Å². The highest BCUT2D eigenvalue weighted by Crippen LogP contribution is 2.45. The van der Waals surface area contributed by atoms with Crippen molar-refractivity contribution in [3.63, 3.8) is 0 Å². The number of nitrogens with one attached hydrogen (secondary N) is 2. The Morgan fingerprint density at radius 3 is 2.71 bits per heavy atom. The number of carbonyl (C=O) groups excluding carboxylic acids is 1. The minimum atomic E-state index is -1.33. The van der Waals surface area contributed by atoms with E-state index in [4.69, 9.17) is 9.84 Å². The van der Waals surface area contributed by atoms with Gasteiger partial charge in [0, 0.05) is 17.6 Å². The Kier molecular flexibility index (Phi) is 5.33. The summed E-state index contributed by atoms with van der Waals surface area (Å²) < 4.78 is 4.79. The highest BCUT2D eigenvalue weighted by atomic mass is 16.7. The number of anilines is 2. The molecular weight excluding hydrogens is 394 g/mol. The van der Waals surface area contributed by atoms with Gasteiger partial charge in [-0.1, -0.05) is 32.0 Å². The predicted molar refractivity (Wildman–Crippen MR) is 118 cm³/mol. The van der Waals surface area contributed by atoms with E-state index in [0.717, 1.165) is 23.2 Å². The number of ether oxygens (including phenoxy) is 1. The first kappa shape index (κ1) is 20.4. The summed E-state index contributed by atoms with van der Waals surface area (Å²) in [7, 11) is 0. The molecule has 1 atom stereocenters. The third-order valence-electron chi connectivity index (χ3n) is 5.38. The van der Waals surface area contributed by atoms with Crippen LogP contribution >= 0.6 is 0 Å². The molecule has 0 spiro atoms. The fraction of sp³-hybridized carbons (Fsp3) is 0.208. The first-order valence-electron chi connectivity index (χ1n) is 9.94. The Morgan fingerprint density at radius 1 is 1.13 bits per heavy atom. The summed E-state index contributed by atoms with van der Waals surface area (Å²) in [6, 6.07) is 18.2. The number of carbonyl (C=O) groups is 2. The lowest BCUT2D eigenvalue weighted by molar-refractivity contribution is 0.102. The van der Waals surface area contributed by atoms with Gasteiger partial charge in [-0.25, -0.2) is 4.79 Å². The van der Waals surface area contributed by atoms with E-state index >= 15 is 0 Å². The molecule has 0 bridgehead atoms. The SMILES string of the molecule is CC1(C)Cc2cc(OC(=O)O)ccc2NC1c1cccc(NC(=O)c2ccccn2)c1. The molecule has 158 valence electrons. The van der Waals surface area contributed by atoms with Gasteiger partial charge in [0.25, 0.3) is 5.91 Å². The molecule has 0 radical (unpaired) electrons. The van der Waals surface area contributed by atoms with Crippen molar-refractivity contribution in [1.82, 2.24) is 4.98 Å². The molecule has 1 aromatic heterocycles. The lowest BCUT2D eigenvalue weighted by Crippen LogP contribution is -2.35. The summed E-state index contributed by atoms with van der Waals surface area (Å²) in [5, 5.41) is 15.3. The van der Waals surface area contributed by atoms with Crippen LogP contribution < -0.4 is 15.4 Å². The van der Waals surface area contributed by atoms with Crippen LogP contribution in [0.3, 0.4) is 0 Å². The van der Waals surface area contributed by atoms with Crippen LogP contribution in [0.2, 0.25) is 0 Å². The van der Waals surface area contributed by atoms with Gasteiger partial charge in [0.1, 0.15) is 11.4 Å². The standard InChI is InChI=1S/C24H23N3O4/c1-24(2)14-16-13-18(31-23(29)30)9-10-19(16)27-21(24)15-6-5-7-17(12-15)26-22(28)20-8-3-4-11-25-20/h3-13,21,27H,14H2,1-2H3,(H,26,28)(H,29,30). The maximum Gasteiger partial charge on any atom is 0.511 e. The van der Waals surface area contributed by atoms with Gasteiger partial charge in [-0.3, -0.25) is 9.78 Å². The molecule has 7 heteroatoms. The van der Waals surface area contributed by atoms with Gasteiger partial charge in [0.15, 0.2) is 0 Å². The molecule has 1 aliphatic heterocycles.